The van der Waals surface area contributed by atoms with E-state index in [1.54, 1.807) is 0 Å². The SMILES string of the molecule is CCc1cc(Cl)ccc1OC[C@H]1CCNC1. The van der Waals surface area contributed by atoms with E-state index < -0.39 is 0 Å². The van der Waals surface area contributed by atoms with E-state index in [9.17, 15) is 0 Å². The van der Waals surface area contributed by atoms with Gasteiger partial charge in [0, 0.05) is 17.5 Å². The Morgan fingerprint density at radius 3 is 3.06 bits per heavy atom. The molecule has 1 fully saturated rings. The molecular formula is C13H18ClNO. The summed E-state index contributed by atoms with van der Waals surface area (Å²) in [5.74, 6) is 1.64. The standard InChI is InChI=1S/C13H18ClNO/c1-2-11-7-12(14)3-4-13(11)16-9-10-5-6-15-8-10/h3-4,7,10,15H,2,5-6,8-9H2,1H3/t10-/m0/s1. The Labute approximate surface area is 102 Å². The summed E-state index contributed by atoms with van der Waals surface area (Å²) in [7, 11) is 0. The van der Waals surface area contributed by atoms with Crippen LogP contribution in [0.2, 0.25) is 5.02 Å². The summed E-state index contributed by atoms with van der Waals surface area (Å²) in [6.07, 6.45) is 2.17. The lowest BCUT2D eigenvalue weighted by molar-refractivity contribution is 0.258. The molecule has 0 bridgehead atoms. The van der Waals surface area contributed by atoms with E-state index in [0.717, 1.165) is 36.9 Å². The van der Waals surface area contributed by atoms with Crippen LogP contribution in [0.1, 0.15) is 18.9 Å². The summed E-state index contributed by atoms with van der Waals surface area (Å²) in [4.78, 5) is 0. The van der Waals surface area contributed by atoms with Crippen LogP contribution < -0.4 is 10.1 Å². The van der Waals surface area contributed by atoms with Gasteiger partial charge in [-0.3, -0.25) is 0 Å². The molecular weight excluding hydrogens is 222 g/mol. The van der Waals surface area contributed by atoms with Gasteiger partial charge in [-0.15, -0.1) is 0 Å². The van der Waals surface area contributed by atoms with Gasteiger partial charge in [-0.05, 0) is 43.1 Å². The van der Waals surface area contributed by atoms with Crippen molar-refractivity contribution in [1.29, 1.82) is 0 Å². The molecule has 0 aliphatic carbocycles. The Balaban J connectivity index is 1.97. The van der Waals surface area contributed by atoms with E-state index in [2.05, 4.69) is 12.2 Å². The average Bonchev–Trinajstić information content (AvgIpc) is 2.80. The highest BCUT2D eigenvalue weighted by Gasteiger charge is 2.15. The van der Waals surface area contributed by atoms with Crippen LogP contribution in [0.25, 0.3) is 0 Å². The summed E-state index contributed by atoms with van der Waals surface area (Å²) in [6, 6.07) is 5.86. The van der Waals surface area contributed by atoms with Crippen LogP contribution in [-0.4, -0.2) is 19.7 Å². The highest BCUT2D eigenvalue weighted by Crippen LogP contribution is 2.24. The van der Waals surface area contributed by atoms with E-state index in [-0.39, 0.29) is 0 Å². The van der Waals surface area contributed by atoms with Gasteiger partial charge in [-0.2, -0.15) is 0 Å². The van der Waals surface area contributed by atoms with E-state index >= 15 is 0 Å². The molecule has 1 N–H and O–H groups in total. The average molecular weight is 240 g/mol. The van der Waals surface area contributed by atoms with Crippen molar-refractivity contribution < 1.29 is 4.74 Å². The first kappa shape index (κ1) is 11.7. The normalized spacial score (nSPS) is 20.0. The zero-order valence-corrected chi connectivity index (χ0v) is 10.4. The van der Waals surface area contributed by atoms with Crippen molar-refractivity contribution in [3.05, 3.63) is 28.8 Å². The third kappa shape index (κ3) is 2.89. The first-order valence-corrected chi connectivity index (χ1v) is 6.29. The van der Waals surface area contributed by atoms with Crippen molar-refractivity contribution in [3.63, 3.8) is 0 Å². The number of hydrogen-bond donors (Lipinski definition) is 1. The lowest BCUT2D eigenvalue weighted by Crippen LogP contribution is -2.15. The van der Waals surface area contributed by atoms with Gasteiger partial charge in [-0.25, -0.2) is 0 Å². The van der Waals surface area contributed by atoms with Gasteiger partial charge in [0.25, 0.3) is 0 Å². The molecule has 2 nitrogen and oxygen atoms in total. The molecule has 0 aromatic heterocycles. The Kier molecular flexibility index (Phi) is 4.08. The quantitative estimate of drug-likeness (QED) is 0.873. The highest BCUT2D eigenvalue weighted by atomic mass is 35.5. The third-order valence-electron chi connectivity index (χ3n) is 3.04. The van der Waals surface area contributed by atoms with Gasteiger partial charge >= 0.3 is 0 Å². The van der Waals surface area contributed by atoms with Crippen LogP contribution in [0.15, 0.2) is 18.2 Å². The molecule has 3 heteroatoms. The summed E-state index contributed by atoms with van der Waals surface area (Å²) in [6.45, 7) is 5.13. The number of aryl methyl sites for hydroxylation is 1. The predicted octanol–water partition coefficient (Wildman–Crippen LogP) is 2.89. The second-order valence-corrected chi connectivity index (χ2v) is 4.71. The number of nitrogens with one attached hydrogen (secondary N) is 1. The van der Waals surface area contributed by atoms with Crippen molar-refractivity contribution in [3.8, 4) is 5.75 Å². The van der Waals surface area contributed by atoms with Crippen LogP contribution in [-0.2, 0) is 6.42 Å². The predicted molar refractivity (Wildman–Crippen MR) is 67.3 cm³/mol. The second-order valence-electron chi connectivity index (χ2n) is 4.28. The third-order valence-corrected chi connectivity index (χ3v) is 3.28. The molecule has 1 saturated heterocycles. The Morgan fingerprint density at radius 1 is 1.50 bits per heavy atom. The summed E-state index contributed by atoms with van der Waals surface area (Å²) in [5, 5.41) is 4.13. The molecule has 1 heterocycles. The van der Waals surface area contributed by atoms with Crippen molar-refractivity contribution in [2.24, 2.45) is 5.92 Å². The van der Waals surface area contributed by atoms with Crippen molar-refractivity contribution in [2.45, 2.75) is 19.8 Å². The topological polar surface area (TPSA) is 21.3 Å². The van der Waals surface area contributed by atoms with Gasteiger partial charge in [0.05, 0.1) is 6.61 Å². The molecule has 1 aliphatic rings. The fourth-order valence-electron chi connectivity index (χ4n) is 2.03. The zero-order chi connectivity index (χ0) is 11.4. The highest BCUT2D eigenvalue weighted by molar-refractivity contribution is 6.30. The smallest absolute Gasteiger partial charge is 0.122 e. The number of halogens is 1. The molecule has 88 valence electrons. The molecule has 16 heavy (non-hydrogen) atoms. The first-order chi connectivity index (χ1) is 7.79. The fourth-order valence-corrected chi connectivity index (χ4v) is 2.22. The number of ether oxygens (including phenoxy) is 1. The van der Waals surface area contributed by atoms with Gasteiger partial charge in [0.1, 0.15) is 5.75 Å². The number of rotatable bonds is 4. The molecule has 0 unspecified atom stereocenters. The van der Waals surface area contributed by atoms with Crippen LogP contribution >= 0.6 is 11.6 Å². The second kappa shape index (κ2) is 5.55. The van der Waals surface area contributed by atoms with E-state index in [4.69, 9.17) is 16.3 Å². The molecule has 1 aliphatic heterocycles. The zero-order valence-electron chi connectivity index (χ0n) is 9.63. The van der Waals surface area contributed by atoms with E-state index in [0.29, 0.717) is 5.92 Å². The monoisotopic (exact) mass is 239 g/mol. The summed E-state index contributed by atoms with van der Waals surface area (Å²) in [5.41, 5.74) is 1.19. The number of benzene rings is 1. The van der Waals surface area contributed by atoms with E-state index in [1.165, 1.54) is 12.0 Å². The largest absolute Gasteiger partial charge is 0.493 e. The first-order valence-electron chi connectivity index (χ1n) is 5.91. The maximum Gasteiger partial charge on any atom is 0.122 e. The van der Waals surface area contributed by atoms with Crippen molar-refractivity contribution in [2.75, 3.05) is 19.7 Å². The summed E-state index contributed by atoms with van der Waals surface area (Å²) >= 11 is 5.96. The minimum absolute atomic E-state index is 0.653. The van der Waals surface area contributed by atoms with Gasteiger partial charge < -0.3 is 10.1 Å². The fraction of sp³-hybridized carbons (Fsp3) is 0.538. The van der Waals surface area contributed by atoms with Gasteiger partial charge in [0.15, 0.2) is 0 Å². The molecule has 1 aromatic carbocycles. The van der Waals surface area contributed by atoms with Crippen LogP contribution in [0, 0.1) is 5.92 Å². The lowest BCUT2D eigenvalue weighted by atomic mass is 10.1. The molecule has 0 amide bonds. The number of hydrogen-bond acceptors (Lipinski definition) is 2. The van der Waals surface area contributed by atoms with Gasteiger partial charge in [0.2, 0.25) is 0 Å². The Morgan fingerprint density at radius 2 is 2.38 bits per heavy atom. The lowest BCUT2D eigenvalue weighted by Gasteiger charge is -2.13. The van der Waals surface area contributed by atoms with E-state index in [1.807, 2.05) is 18.2 Å². The minimum atomic E-state index is 0.653. The maximum atomic E-state index is 5.96. The molecule has 0 spiro atoms. The minimum Gasteiger partial charge on any atom is -0.493 e. The van der Waals surface area contributed by atoms with Crippen molar-refractivity contribution >= 4 is 11.6 Å². The Hall–Kier alpha value is -0.730. The molecule has 2 rings (SSSR count). The van der Waals surface area contributed by atoms with Crippen LogP contribution in [0.4, 0.5) is 0 Å². The molecule has 1 atom stereocenters. The molecule has 0 saturated carbocycles. The van der Waals surface area contributed by atoms with Gasteiger partial charge in [-0.1, -0.05) is 18.5 Å². The van der Waals surface area contributed by atoms with Crippen LogP contribution in [0.5, 0.6) is 5.75 Å². The van der Waals surface area contributed by atoms with Crippen molar-refractivity contribution in [1.82, 2.24) is 5.32 Å². The van der Waals surface area contributed by atoms with Crippen LogP contribution in [0.3, 0.4) is 0 Å². The Bertz CT molecular complexity index is 348. The molecule has 1 aromatic rings. The maximum absolute atomic E-state index is 5.96. The molecule has 0 radical (unpaired) electrons. The summed E-state index contributed by atoms with van der Waals surface area (Å²) < 4.78 is 5.87.